The lowest BCUT2D eigenvalue weighted by atomic mass is 10.0. The van der Waals surface area contributed by atoms with Crippen molar-refractivity contribution in [1.82, 2.24) is 0 Å². The van der Waals surface area contributed by atoms with Crippen LogP contribution >= 0.6 is 0 Å². The summed E-state index contributed by atoms with van der Waals surface area (Å²) in [5, 5.41) is 0. The monoisotopic (exact) mass is 265 g/mol. The highest BCUT2D eigenvalue weighted by atomic mass is 16.5. The summed E-state index contributed by atoms with van der Waals surface area (Å²) in [4.78, 5) is 13.8. The van der Waals surface area contributed by atoms with Crippen molar-refractivity contribution in [3.8, 4) is 5.75 Å². The van der Waals surface area contributed by atoms with Gasteiger partial charge in [-0.15, -0.1) is 0 Å². The first-order chi connectivity index (χ1) is 8.75. The number of methoxy groups -OCH3 is 2. The van der Waals surface area contributed by atoms with E-state index >= 15 is 0 Å². The fourth-order valence-electron chi connectivity index (χ4n) is 2.15. The van der Waals surface area contributed by atoms with Crippen LogP contribution in [0.2, 0.25) is 0 Å². The number of rotatable bonds is 4. The van der Waals surface area contributed by atoms with E-state index in [4.69, 9.17) is 9.47 Å². The Bertz CT molecular complexity index is 457. The number of nitrogens with zero attached hydrogens (tertiary/aromatic N) is 1. The van der Waals surface area contributed by atoms with Crippen LogP contribution in [0.15, 0.2) is 12.1 Å². The highest BCUT2D eigenvalue weighted by molar-refractivity contribution is 5.84. The van der Waals surface area contributed by atoms with Gasteiger partial charge in [0, 0.05) is 12.7 Å². The van der Waals surface area contributed by atoms with Gasteiger partial charge in [-0.05, 0) is 51.0 Å². The normalized spacial score (nSPS) is 11.1. The van der Waals surface area contributed by atoms with Gasteiger partial charge < -0.3 is 14.4 Å². The molecule has 4 heteroatoms. The first kappa shape index (κ1) is 15.3. The molecule has 0 N–H and O–H groups in total. The van der Waals surface area contributed by atoms with E-state index in [1.807, 2.05) is 51.8 Å². The third kappa shape index (κ3) is 2.83. The van der Waals surface area contributed by atoms with Gasteiger partial charge in [0.25, 0.3) is 0 Å². The van der Waals surface area contributed by atoms with Gasteiger partial charge >= 0.3 is 5.97 Å². The average molecular weight is 265 g/mol. The molecule has 0 aliphatic heterocycles. The predicted octanol–water partition coefficient (Wildman–Crippen LogP) is 2.70. The summed E-state index contributed by atoms with van der Waals surface area (Å²) >= 11 is 0. The molecular weight excluding hydrogens is 242 g/mol. The van der Waals surface area contributed by atoms with Gasteiger partial charge in [-0.1, -0.05) is 0 Å². The zero-order valence-corrected chi connectivity index (χ0v) is 12.8. The molecule has 0 aliphatic carbocycles. The zero-order valence-electron chi connectivity index (χ0n) is 12.8. The van der Waals surface area contributed by atoms with E-state index in [9.17, 15) is 4.79 Å². The Hall–Kier alpha value is -1.71. The molecule has 0 heterocycles. The first-order valence-electron chi connectivity index (χ1n) is 6.23. The quantitative estimate of drug-likeness (QED) is 0.785. The summed E-state index contributed by atoms with van der Waals surface area (Å²) in [6.07, 6.45) is 0. The molecule has 106 valence electrons. The van der Waals surface area contributed by atoms with E-state index in [-0.39, 0.29) is 5.97 Å². The second-order valence-corrected chi connectivity index (χ2v) is 5.22. The molecule has 0 bridgehead atoms. The topological polar surface area (TPSA) is 38.8 Å². The fourth-order valence-corrected chi connectivity index (χ4v) is 2.15. The minimum absolute atomic E-state index is 0.263. The zero-order chi connectivity index (χ0) is 14.8. The summed E-state index contributed by atoms with van der Waals surface area (Å²) in [7, 11) is 4.96. The number of benzene rings is 1. The van der Waals surface area contributed by atoms with Crippen LogP contribution in [0.3, 0.4) is 0 Å². The van der Waals surface area contributed by atoms with E-state index in [2.05, 4.69) is 0 Å². The molecule has 4 nitrogen and oxygen atoms in total. The van der Waals surface area contributed by atoms with Gasteiger partial charge in [0.1, 0.15) is 11.3 Å². The lowest BCUT2D eigenvalue weighted by molar-refractivity contribution is -0.145. The van der Waals surface area contributed by atoms with Crippen LogP contribution in [0.1, 0.15) is 25.0 Å². The number of carbonyl (C=O) groups is 1. The second-order valence-electron chi connectivity index (χ2n) is 5.22. The van der Waals surface area contributed by atoms with E-state index in [0.717, 1.165) is 22.6 Å². The number of esters is 1. The van der Waals surface area contributed by atoms with Gasteiger partial charge in [-0.25, -0.2) is 4.79 Å². The largest absolute Gasteiger partial charge is 0.496 e. The Morgan fingerprint density at radius 2 is 1.63 bits per heavy atom. The summed E-state index contributed by atoms with van der Waals surface area (Å²) in [5.41, 5.74) is 2.34. The van der Waals surface area contributed by atoms with Crippen molar-refractivity contribution in [2.75, 3.05) is 26.2 Å². The van der Waals surface area contributed by atoms with Crippen molar-refractivity contribution in [3.05, 3.63) is 23.3 Å². The summed E-state index contributed by atoms with van der Waals surface area (Å²) in [6, 6.07) is 4.02. The molecule has 0 aromatic heterocycles. The van der Waals surface area contributed by atoms with Crippen molar-refractivity contribution in [2.24, 2.45) is 0 Å². The number of hydrogen-bond acceptors (Lipinski definition) is 4. The summed E-state index contributed by atoms with van der Waals surface area (Å²) < 4.78 is 10.2. The van der Waals surface area contributed by atoms with E-state index in [1.165, 1.54) is 7.11 Å². The maximum Gasteiger partial charge on any atom is 0.331 e. The SMILES string of the molecule is COC(=O)C(C)(C)N(C)c1cc(C)c(OC)c(C)c1. The Kier molecular flexibility index (Phi) is 4.45. The second kappa shape index (κ2) is 5.51. The number of likely N-dealkylation sites (N-methyl/N-ethyl adjacent to an activating group) is 1. The van der Waals surface area contributed by atoms with E-state index in [1.54, 1.807) is 7.11 Å². The smallest absolute Gasteiger partial charge is 0.331 e. The lowest BCUT2D eigenvalue weighted by Gasteiger charge is -2.35. The van der Waals surface area contributed by atoms with Gasteiger partial charge in [0.15, 0.2) is 0 Å². The predicted molar refractivity (Wildman–Crippen MR) is 77.0 cm³/mol. The third-order valence-corrected chi connectivity index (χ3v) is 3.56. The van der Waals surface area contributed by atoms with Crippen molar-refractivity contribution < 1.29 is 14.3 Å². The number of anilines is 1. The minimum atomic E-state index is -0.720. The Labute approximate surface area is 115 Å². The molecule has 0 atom stereocenters. The van der Waals surface area contributed by atoms with Crippen LogP contribution in [0.25, 0.3) is 0 Å². The van der Waals surface area contributed by atoms with Crippen molar-refractivity contribution in [3.63, 3.8) is 0 Å². The molecule has 0 radical (unpaired) electrons. The van der Waals surface area contributed by atoms with Crippen LogP contribution in [0.5, 0.6) is 5.75 Å². The Morgan fingerprint density at radius 3 is 2.00 bits per heavy atom. The first-order valence-corrected chi connectivity index (χ1v) is 6.23. The Balaban J connectivity index is 3.21. The van der Waals surface area contributed by atoms with E-state index in [0.29, 0.717) is 0 Å². The molecule has 0 spiro atoms. The Morgan fingerprint density at radius 1 is 1.16 bits per heavy atom. The summed E-state index contributed by atoms with van der Waals surface area (Å²) in [6.45, 7) is 7.67. The molecule has 19 heavy (non-hydrogen) atoms. The highest BCUT2D eigenvalue weighted by Crippen LogP contribution is 2.31. The lowest BCUT2D eigenvalue weighted by Crippen LogP contribution is -2.48. The number of ether oxygens (including phenoxy) is 2. The average Bonchev–Trinajstić information content (AvgIpc) is 2.36. The van der Waals surface area contributed by atoms with Crippen molar-refractivity contribution in [1.29, 1.82) is 0 Å². The van der Waals surface area contributed by atoms with Crippen LogP contribution in [0.4, 0.5) is 5.69 Å². The minimum Gasteiger partial charge on any atom is -0.496 e. The van der Waals surface area contributed by atoms with Gasteiger partial charge in [-0.2, -0.15) is 0 Å². The number of carbonyl (C=O) groups excluding carboxylic acids is 1. The fraction of sp³-hybridized carbons (Fsp3) is 0.533. The third-order valence-electron chi connectivity index (χ3n) is 3.56. The molecule has 0 saturated carbocycles. The van der Waals surface area contributed by atoms with Crippen molar-refractivity contribution >= 4 is 11.7 Å². The van der Waals surface area contributed by atoms with Crippen LogP contribution in [-0.2, 0) is 9.53 Å². The number of hydrogen-bond donors (Lipinski definition) is 0. The molecule has 0 unspecified atom stereocenters. The number of aryl methyl sites for hydroxylation is 2. The van der Waals surface area contributed by atoms with Crippen LogP contribution in [-0.4, -0.2) is 32.8 Å². The standard InChI is InChI=1S/C15H23NO3/c1-10-8-12(9-11(2)13(10)18-6)16(5)15(3,4)14(17)19-7/h8-9H,1-7H3. The summed E-state index contributed by atoms with van der Waals surface area (Å²) in [5.74, 6) is 0.620. The van der Waals surface area contributed by atoms with Crippen LogP contribution in [0, 0.1) is 13.8 Å². The molecule has 0 amide bonds. The van der Waals surface area contributed by atoms with Crippen molar-refractivity contribution in [2.45, 2.75) is 33.2 Å². The van der Waals surface area contributed by atoms with Crippen LogP contribution < -0.4 is 9.64 Å². The molecule has 0 saturated heterocycles. The molecule has 0 aliphatic rings. The molecular formula is C15H23NO3. The maximum atomic E-state index is 11.9. The molecule has 0 fully saturated rings. The molecule has 1 rings (SSSR count). The molecule has 1 aromatic rings. The highest BCUT2D eigenvalue weighted by Gasteiger charge is 2.34. The van der Waals surface area contributed by atoms with Gasteiger partial charge in [0.2, 0.25) is 0 Å². The molecule has 1 aromatic carbocycles. The van der Waals surface area contributed by atoms with E-state index < -0.39 is 5.54 Å². The maximum absolute atomic E-state index is 11.9. The van der Waals surface area contributed by atoms with Gasteiger partial charge in [-0.3, -0.25) is 0 Å². The van der Waals surface area contributed by atoms with Gasteiger partial charge in [0.05, 0.1) is 14.2 Å².